The van der Waals surface area contributed by atoms with Crippen LogP contribution >= 0.6 is 23.5 Å². The number of hydrogen-bond donors (Lipinski definition) is 2. The molecule has 36 heavy (non-hydrogen) atoms. The van der Waals surface area contributed by atoms with Crippen molar-refractivity contribution in [1.29, 1.82) is 0 Å². The Morgan fingerprint density at radius 1 is 0.639 bits per heavy atom. The van der Waals surface area contributed by atoms with E-state index in [0.717, 1.165) is 37.7 Å². The van der Waals surface area contributed by atoms with E-state index in [1.807, 2.05) is 0 Å². The molecule has 2 N–H and O–H groups in total. The Morgan fingerprint density at radius 3 is 1.28 bits per heavy atom. The second-order valence-corrected chi connectivity index (χ2v) is 9.01. The number of benzene rings is 2. The van der Waals surface area contributed by atoms with Gasteiger partial charge in [0, 0.05) is 22.6 Å². The minimum atomic E-state index is -1.31. The molecule has 0 aliphatic carbocycles. The van der Waals surface area contributed by atoms with Gasteiger partial charge < -0.3 is 20.1 Å². The third-order valence-electron chi connectivity index (χ3n) is 4.57. The second kappa shape index (κ2) is 14.7. The average molecular weight is 533 g/mol. The standard InChI is InChI=1S/C24H24N2O8S2/c1-33-21(29)17(13-35-23(31)15-9-5-3-6-10-15)25-19(27)20(28)26-18(22(30)34-2)14-36-24(32)16-11-7-4-8-12-16/h3-12,17-18H,13-14H2,1-2H3,(H,25,27)(H,26,28). The quantitative estimate of drug-likeness (QED) is 0.341. The lowest BCUT2D eigenvalue weighted by Gasteiger charge is -2.18. The molecule has 2 amide bonds. The molecule has 0 saturated heterocycles. The van der Waals surface area contributed by atoms with Crippen LogP contribution in [0.5, 0.6) is 0 Å². The van der Waals surface area contributed by atoms with Gasteiger partial charge in [-0.15, -0.1) is 0 Å². The summed E-state index contributed by atoms with van der Waals surface area (Å²) in [6.45, 7) is 0. The van der Waals surface area contributed by atoms with E-state index in [4.69, 9.17) is 0 Å². The fourth-order valence-corrected chi connectivity index (χ4v) is 4.38. The predicted octanol–water partition coefficient (Wildman–Crippen LogP) is 1.45. The predicted molar refractivity (Wildman–Crippen MR) is 134 cm³/mol. The van der Waals surface area contributed by atoms with Crippen molar-refractivity contribution in [2.75, 3.05) is 25.7 Å². The average Bonchev–Trinajstić information content (AvgIpc) is 2.92. The maximum Gasteiger partial charge on any atom is 0.329 e. The number of amides is 2. The number of methoxy groups -OCH3 is 2. The molecule has 0 bridgehead atoms. The number of carbonyl (C=O) groups is 6. The van der Waals surface area contributed by atoms with Crippen molar-refractivity contribution in [3.05, 3.63) is 71.8 Å². The molecule has 2 aromatic carbocycles. The Morgan fingerprint density at radius 2 is 0.972 bits per heavy atom. The van der Waals surface area contributed by atoms with Gasteiger partial charge in [-0.25, -0.2) is 9.59 Å². The van der Waals surface area contributed by atoms with E-state index in [9.17, 15) is 28.8 Å². The van der Waals surface area contributed by atoms with Gasteiger partial charge in [0.1, 0.15) is 12.1 Å². The zero-order chi connectivity index (χ0) is 26.5. The number of esters is 2. The number of rotatable bonds is 10. The molecule has 2 aromatic rings. The topological polar surface area (TPSA) is 145 Å². The Kier molecular flexibility index (Phi) is 11.7. The van der Waals surface area contributed by atoms with Gasteiger partial charge in [-0.2, -0.15) is 0 Å². The Balaban J connectivity index is 1.98. The first-order valence-corrected chi connectivity index (χ1v) is 12.4. The lowest BCUT2D eigenvalue weighted by molar-refractivity contribution is -0.148. The molecule has 2 rings (SSSR count). The third kappa shape index (κ3) is 8.86. The minimum absolute atomic E-state index is 0.193. The number of nitrogens with one attached hydrogen (secondary N) is 2. The van der Waals surface area contributed by atoms with Crippen LogP contribution in [0, 0.1) is 0 Å². The number of ether oxygens (including phenoxy) is 2. The van der Waals surface area contributed by atoms with E-state index in [-0.39, 0.29) is 21.7 Å². The molecule has 12 heteroatoms. The number of carbonyl (C=O) groups excluding carboxylic acids is 6. The summed E-state index contributed by atoms with van der Waals surface area (Å²) in [7, 11) is 2.19. The normalized spacial score (nSPS) is 11.9. The first-order valence-electron chi connectivity index (χ1n) is 10.5. The SMILES string of the molecule is COC(=O)C(CSC(=O)c1ccccc1)NC(=O)C(=O)NC(CSC(=O)c1ccccc1)C(=O)OC. The Bertz CT molecular complexity index is 1010. The molecule has 2 atom stereocenters. The zero-order valence-corrected chi connectivity index (χ0v) is 21.1. The largest absolute Gasteiger partial charge is 0.467 e. The summed E-state index contributed by atoms with van der Waals surface area (Å²) >= 11 is 1.53. The van der Waals surface area contributed by atoms with Gasteiger partial charge in [-0.1, -0.05) is 84.2 Å². The fourth-order valence-electron chi connectivity index (χ4n) is 2.70. The van der Waals surface area contributed by atoms with Crippen LogP contribution in [0.4, 0.5) is 0 Å². The molecule has 0 radical (unpaired) electrons. The van der Waals surface area contributed by atoms with E-state index in [0.29, 0.717) is 11.1 Å². The summed E-state index contributed by atoms with van der Waals surface area (Å²) in [6.07, 6.45) is 0. The maximum atomic E-state index is 12.4. The van der Waals surface area contributed by atoms with Gasteiger partial charge in [0.15, 0.2) is 0 Å². The van der Waals surface area contributed by atoms with Gasteiger partial charge in [0.2, 0.25) is 10.2 Å². The molecule has 10 nitrogen and oxygen atoms in total. The molecule has 0 aliphatic heterocycles. The van der Waals surface area contributed by atoms with Crippen molar-refractivity contribution < 1.29 is 38.2 Å². The summed E-state index contributed by atoms with van der Waals surface area (Å²) < 4.78 is 9.30. The second-order valence-electron chi connectivity index (χ2n) is 7.03. The van der Waals surface area contributed by atoms with Crippen LogP contribution in [0.3, 0.4) is 0 Å². The molecular weight excluding hydrogens is 508 g/mol. The van der Waals surface area contributed by atoms with Crippen molar-refractivity contribution in [3.8, 4) is 0 Å². The highest BCUT2D eigenvalue weighted by Gasteiger charge is 2.30. The van der Waals surface area contributed by atoms with Crippen molar-refractivity contribution in [3.63, 3.8) is 0 Å². The van der Waals surface area contributed by atoms with Gasteiger partial charge >= 0.3 is 23.8 Å². The maximum absolute atomic E-state index is 12.4. The van der Waals surface area contributed by atoms with Gasteiger partial charge in [0.25, 0.3) is 0 Å². The fraction of sp³-hybridized carbons (Fsp3) is 0.250. The summed E-state index contributed by atoms with van der Waals surface area (Å²) in [5.41, 5.74) is 0.803. The number of hydrogen-bond acceptors (Lipinski definition) is 10. The third-order valence-corrected chi connectivity index (χ3v) is 6.57. The van der Waals surface area contributed by atoms with Gasteiger partial charge in [-0.3, -0.25) is 19.2 Å². The zero-order valence-electron chi connectivity index (χ0n) is 19.4. The van der Waals surface area contributed by atoms with Crippen LogP contribution in [0.2, 0.25) is 0 Å². The van der Waals surface area contributed by atoms with E-state index in [1.165, 1.54) is 0 Å². The molecule has 0 aliphatic rings. The van der Waals surface area contributed by atoms with Crippen LogP contribution in [0.1, 0.15) is 20.7 Å². The summed E-state index contributed by atoms with van der Waals surface area (Å²) in [4.78, 5) is 73.7. The monoisotopic (exact) mass is 532 g/mol. The Labute approximate surface area is 215 Å². The van der Waals surface area contributed by atoms with E-state index >= 15 is 0 Å². The lowest BCUT2D eigenvalue weighted by atomic mass is 10.2. The lowest BCUT2D eigenvalue weighted by Crippen LogP contribution is -2.53. The first-order chi connectivity index (χ1) is 17.3. The Hall–Kier alpha value is -3.64. The highest BCUT2D eigenvalue weighted by atomic mass is 32.2. The smallest absolute Gasteiger partial charge is 0.329 e. The van der Waals surface area contributed by atoms with Crippen LogP contribution in [-0.2, 0) is 28.7 Å². The molecule has 0 aromatic heterocycles. The van der Waals surface area contributed by atoms with E-state index in [1.54, 1.807) is 60.7 Å². The molecule has 0 spiro atoms. The van der Waals surface area contributed by atoms with Gasteiger partial charge in [-0.05, 0) is 0 Å². The van der Waals surface area contributed by atoms with Crippen LogP contribution < -0.4 is 10.6 Å². The van der Waals surface area contributed by atoms with Crippen LogP contribution in [0.25, 0.3) is 0 Å². The minimum Gasteiger partial charge on any atom is -0.467 e. The van der Waals surface area contributed by atoms with Crippen molar-refractivity contribution in [2.24, 2.45) is 0 Å². The van der Waals surface area contributed by atoms with Crippen LogP contribution in [-0.4, -0.2) is 71.8 Å². The van der Waals surface area contributed by atoms with Gasteiger partial charge in [0.05, 0.1) is 14.2 Å². The number of thioether (sulfide) groups is 2. The first kappa shape index (κ1) is 28.6. The summed E-state index contributed by atoms with van der Waals surface area (Å²) in [5.74, 6) is -4.57. The highest BCUT2D eigenvalue weighted by Crippen LogP contribution is 2.15. The summed E-state index contributed by atoms with van der Waals surface area (Å²) in [5, 5.41) is 3.73. The molecular formula is C24H24N2O8S2. The molecule has 2 unspecified atom stereocenters. The molecule has 0 saturated carbocycles. The molecule has 0 heterocycles. The highest BCUT2D eigenvalue weighted by molar-refractivity contribution is 8.14. The molecule has 190 valence electrons. The van der Waals surface area contributed by atoms with Crippen LogP contribution in [0.15, 0.2) is 60.7 Å². The summed E-state index contributed by atoms with van der Waals surface area (Å²) in [6, 6.07) is 14.0. The van der Waals surface area contributed by atoms with E-state index < -0.39 is 35.8 Å². The van der Waals surface area contributed by atoms with Crippen molar-refractivity contribution in [1.82, 2.24) is 10.6 Å². The van der Waals surface area contributed by atoms with Crippen molar-refractivity contribution >= 4 is 57.5 Å². The van der Waals surface area contributed by atoms with E-state index in [2.05, 4.69) is 20.1 Å². The van der Waals surface area contributed by atoms with Crippen molar-refractivity contribution in [2.45, 2.75) is 12.1 Å². The molecule has 0 fully saturated rings.